The number of carbonyl (C=O) groups is 2. The Morgan fingerprint density at radius 3 is 2.30 bits per heavy atom. The minimum Gasteiger partial charge on any atom is -0.497 e. The average Bonchev–Trinajstić information content (AvgIpc) is 2.55. The van der Waals surface area contributed by atoms with Crippen molar-refractivity contribution < 1.29 is 19.4 Å². The zero-order chi connectivity index (χ0) is 16.7. The number of carbonyl (C=O) groups excluding carboxylic acids is 1. The van der Waals surface area contributed by atoms with Crippen LogP contribution >= 0.6 is 0 Å². The van der Waals surface area contributed by atoms with Crippen molar-refractivity contribution in [3.05, 3.63) is 65.7 Å². The molecule has 2 aromatic carbocycles. The Labute approximate surface area is 134 Å². The molecule has 0 saturated heterocycles. The Hall–Kier alpha value is -2.82. The standard InChI is InChI=1S/C18H19NO4/c1-23-15-9-7-13(8-10-15)11-17(20)19-16(12-18(21)22)14-5-3-2-4-6-14/h2-10,16H,11-12H2,1H3,(H,19,20)(H,21,22). The van der Waals surface area contributed by atoms with Crippen molar-refractivity contribution in [2.24, 2.45) is 0 Å². The second kappa shape index (κ2) is 7.98. The number of methoxy groups -OCH3 is 1. The lowest BCUT2D eigenvalue weighted by molar-refractivity contribution is -0.137. The van der Waals surface area contributed by atoms with Crippen molar-refractivity contribution in [3.63, 3.8) is 0 Å². The SMILES string of the molecule is COc1ccc(CC(=O)NC(CC(=O)O)c2ccccc2)cc1. The van der Waals surface area contributed by atoms with Gasteiger partial charge in [-0.15, -0.1) is 0 Å². The van der Waals surface area contributed by atoms with Crippen molar-refractivity contribution in [2.45, 2.75) is 18.9 Å². The number of carboxylic acids is 1. The number of carboxylic acid groups (broad SMARTS) is 1. The van der Waals surface area contributed by atoms with Gasteiger partial charge >= 0.3 is 5.97 Å². The zero-order valence-corrected chi connectivity index (χ0v) is 12.9. The van der Waals surface area contributed by atoms with Crippen molar-refractivity contribution in [1.82, 2.24) is 5.32 Å². The van der Waals surface area contributed by atoms with Crippen LogP contribution in [-0.2, 0) is 16.0 Å². The Morgan fingerprint density at radius 2 is 1.74 bits per heavy atom. The van der Waals surface area contributed by atoms with Gasteiger partial charge in [-0.25, -0.2) is 0 Å². The minimum absolute atomic E-state index is 0.154. The van der Waals surface area contributed by atoms with Crippen LogP contribution in [0.5, 0.6) is 5.75 Å². The smallest absolute Gasteiger partial charge is 0.305 e. The Kier molecular flexibility index (Phi) is 5.74. The first-order chi connectivity index (χ1) is 11.1. The Morgan fingerprint density at radius 1 is 1.09 bits per heavy atom. The van der Waals surface area contributed by atoms with Crippen molar-refractivity contribution in [2.75, 3.05) is 7.11 Å². The molecule has 0 aliphatic carbocycles. The topological polar surface area (TPSA) is 75.6 Å². The van der Waals surface area contributed by atoms with Gasteiger partial charge in [0.15, 0.2) is 0 Å². The van der Waals surface area contributed by atoms with E-state index in [9.17, 15) is 9.59 Å². The molecule has 120 valence electrons. The highest BCUT2D eigenvalue weighted by molar-refractivity contribution is 5.80. The second-order valence-electron chi connectivity index (χ2n) is 5.15. The molecule has 0 heterocycles. The number of hydrogen-bond donors (Lipinski definition) is 2. The summed E-state index contributed by atoms with van der Waals surface area (Å²) in [6, 6.07) is 15.8. The number of rotatable bonds is 7. The molecule has 2 aromatic rings. The molecular weight excluding hydrogens is 294 g/mol. The lowest BCUT2D eigenvalue weighted by Gasteiger charge is -2.17. The lowest BCUT2D eigenvalue weighted by Crippen LogP contribution is -2.31. The molecular formula is C18H19NO4. The highest BCUT2D eigenvalue weighted by Crippen LogP contribution is 2.17. The van der Waals surface area contributed by atoms with Gasteiger partial charge < -0.3 is 15.2 Å². The van der Waals surface area contributed by atoms with Crippen LogP contribution in [-0.4, -0.2) is 24.1 Å². The van der Waals surface area contributed by atoms with Crippen LogP contribution in [0.1, 0.15) is 23.6 Å². The van der Waals surface area contributed by atoms with E-state index in [2.05, 4.69) is 5.32 Å². The first kappa shape index (κ1) is 16.5. The molecule has 0 spiro atoms. The highest BCUT2D eigenvalue weighted by Gasteiger charge is 2.18. The fourth-order valence-electron chi connectivity index (χ4n) is 2.29. The summed E-state index contributed by atoms with van der Waals surface area (Å²) < 4.78 is 5.07. The summed E-state index contributed by atoms with van der Waals surface area (Å²) in [5.74, 6) is -0.448. The fourth-order valence-corrected chi connectivity index (χ4v) is 2.29. The average molecular weight is 313 g/mol. The van der Waals surface area contributed by atoms with Crippen LogP contribution in [0.15, 0.2) is 54.6 Å². The zero-order valence-electron chi connectivity index (χ0n) is 12.9. The molecule has 0 radical (unpaired) electrons. The van der Waals surface area contributed by atoms with Crippen LogP contribution in [0.25, 0.3) is 0 Å². The van der Waals surface area contributed by atoms with E-state index in [4.69, 9.17) is 9.84 Å². The number of aliphatic carboxylic acids is 1. The quantitative estimate of drug-likeness (QED) is 0.824. The summed E-state index contributed by atoms with van der Waals surface area (Å²) in [6.45, 7) is 0. The molecule has 0 fully saturated rings. The number of ether oxygens (including phenoxy) is 1. The van der Waals surface area contributed by atoms with Crippen LogP contribution in [0.2, 0.25) is 0 Å². The van der Waals surface area contributed by atoms with Gasteiger partial charge in [0.1, 0.15) is 5.75 Å². The summed E-state index contributed by atoms with van der Waals surface area (Å²) in [4.78, 5) is 23.2. The third kappa shape index (κ3) is 5.14. The van der Waals surface area contributed by atoms with Gasteiger partial charge in [0.25, 0.3) is 0 Å². The van der Waals surface area contributed by atoms with Gasteiger partial charge in [0.2, 0.25) is 5.91 Å². The highest BCUT2D eigenvalue weighted by atomic mass is 16.5. The van der Waals surface area contributed by atoms with E-state index in [1.165, 1.54) is 0 Å². The van der Waals surface area contributed by atoms with Gasteiger partial charge in [0.05, 0.1) is 26.0 Å². The third-order valence-corrected chi connectivity index (χ3v) is 3.44. The van der Waals surface area contributed by atoms with Gasteiger partial charge in [-0.3, -0.25) is 9.59 Å². The maximum atomic E-state index is 12.2. The van der Waals surface area contributed by atoms with Crippen molar-refractivity contribution in [1.29, 1.82) is 0 Å². The van der Waals surface area contributed by atoms with Crippen LogP contribution in [0.3, 0.4) is 0 Å². The number of benzene rings is 2. The largest absolute Gasteiger partial charge is 0.497 e. The third-order valence-electron chi connectivity index (χ3n) is 3.44. The summed E-state index contributed by atoms with van der Waals surface area (Å²) in [6.07, 6.45) is 0.0330. The van der Waals surface area contributed by atoms with E-state index in [-0.39, 0.29) is 18.7 Å². The molecule has 0 aliphatic heterocycles. The maximum absolute atomic E-state index is 12.2. The molecule has 1 atom stereocenters. The van der Waals surface area contributed by atoms with E-state index in [0.717, 1.165) is 16.9 Å². The molecule has 0 aromatic heterocycles. The first-order valence-corrected chi connectivity index (χ1v) is 7.27. The number of hydrogen-bond acceptors (Lipinski definition) is 3. The van der Waals surface area contributed by atoms with Crippen molar-refractivity contribution >= 4 is 11.9 Å². The Bertz CT molecular complexity index is 652. The lowest BCUT2D eigenvalue weighted by atomic mass is 10.0. The van der Waals surface area contributed by atoms with Gasteiger partial charge in [0, 0.05) is 0 Å². The van der Waals surface area contributed by atoms with E-state index in [0.29, 0.717) is 0 Å². The van der Waals surface area contributed by atoms with E-state index >= 15 is 0 Å². The van der Waals surface area contributed by atoms with Crippen molar-refractivity contribution in [3.8, 4) is 5.75 Å². The molecule has 23 heavy (non-hydrogen) atoms. The fraction of sp³-hybridized carbons (Fsp3) is 0.222. The number of amides is 1. The van der Waals surface area contributed by atoms with E-state index in [1.807, 2.05) is 30.3 Å². The van der Waals surface area contributed by atoms with Crippen LogP contribution in [0, 0.1) is 0 Å². The summed E-state index contributed by atoms with van der Waals surface area (Å²) in [5.41, 5.74) is 1.61. The molecule has 0 saturated carbocycles. The molecule has 2 N–H and O–H groups in total. The van der Waals surface area contributed by atoms with Gasteiger partial charge in [-0.1, -0.05) is 42.5 Å². The van der Waals surface area contributed by atoms with E-state index < -0.39 is 12.0 Å². The molecule has 1 amide bonds. The maximum Gasteiger partial charge on any atom is 0.305 e. The summed E-state index contributed by atoms with van der Waals surface area (Å²) in [5, 5.41) is 11.8. The van der Waals surface area contributed by atoms with E-state index in [1.54, 1.807) is 31.4 Å². The summed E-state index contributed by atoms with van der Waals surface area (Å²) in [7, 11) is 1.58. The minimum atomic E-state index is -0.955. The van der Waals surface area contributed by atoms with Gasteiger partial charge in [-0.2, -0.15) is 0 Å². The summed E-state index contributed by atoms with van der Waals surface area (Å²) >= 11 is 0. The normalized spacial score (nSPS) is 11.5. The molecule has 0 aliphatic rings. The predicted molar refractivity (Wildman–Crippen MR) is 86.3 cm³/mol. The second-order valence-corrected chi connectivity index (χ2v) is 5.15. The monoisotopic (exact) mass is 313 g/mol. The van der Waals surface area contributed by atoms with Crippen LogP contribution < -0.4 is 10.1 Å². The van der Waals surface area contributed by atoms with Gasteiger partial charge in [-0.05, 0) is 23.3 Å². The number of nitrogens with one attached hydrogen (secondary N) is 1. The molecule has 5 nitrogen and oxygen atoms in total. The molecule has 5 heteroatoms. The molecule has 2 rings (SSSR count). The Balaban J connectivity index is 2.03. The first-order valence-electron chi connectivity index (χ1n) is 7.27. The predicted octanol–water partition coefficient (Wildman–Crippen LogP) is 2.57. The van der Waals surface area contributed by atoms with Crippen LogP contribution in [0.4, 0.5) is 0 Å². The molecule has 0 bridgehead atoms. The molecule has 1 unspecified atom stereocenters.